The molecule has 0 atom stereocenters. The van der Waals surface area contributed by atoms with Gasteiger partial charge in [0.05, 0.1) is 7.18 Å². The molecule has 1 saturated carbocycles. The van der Waals surface area contributed by atoms with Gasteiger partial charge in [-0.05, 0) is 38.8 Å². The monoisotopic (exact) mass is 281 g/mol. The van der Waals surface area contributed by atoms with Crippen LogP contribution in [-0.2, 0) is 0 Å². The lowest BCUT2D eigenvalue weighted by Gasteiger charge is -2.39. The summed E-state index contributed by atoms with van der Waals surface area (Å²) in [5, 5.41) is 0. The van der Waals surface area contributed by atoms with Gasteiger partial charge in [0.25, 0.3) is 0 Å². The molecule has 116 valence electrons. The lowest BCUT2D eigenvalue weighted by Crippen LogP contribution is -2.41. The lowest BCUT2D eigenvalue weighted by molar-refractivity contribution is 0.398. The van der Waals surface area contributed by atoms with Crippen LogP contribution in [-0.4, -0.2) is 19.3 Å². The minimum Gasteiger partial charge on any atom is -0.366 e. The second-order valence-electron chi connectivity index (χ2n) is 5.13. The molecule has 1 fully saturated rings. The molecule has 1 nitrogen and oxygen atoms in total. The molecule has 1 aromatic carbocycles. The molecular formula is C18H32FN. The number of halogens is 1. The van der Waals surface area contributed by atoms with Crippen LogP contribution in [0.2, 0.25) is 0 Å². The molecule has 1 aliphatic rings. The van der Waals surface area contributed by atoms with Gasteiger partial charge in [-0.15, -0.1) is 0 Å². The minimum absolute atomic E-state index is 0.500. The summed E-state index contributed by atoms with van der Waals surface area (Å²) in [6, 6.07) is 12.2. The van der Waals surface area contributed by atoms with Crippen molar-refractivity contribution in [3.8, 4) is 0 Å². The molecule has 1 aromatic rings. The van der Waals surface area contributed by atoms with Gasteiger partial charge in [-0.25, -0.2) is 0 Å². The summed E-state index contributed by atoms with van der Waals surface area (Å²) >= 11 is 0. The van der Waals surface area contributed by atoms with Crippen molar-refractivity contribution in [2.45, 2.75) is 71.9 Å². The zero-order chi connectivity index (χ0) is 15.4. The molecule has 0 heterocycles. The molecule has 20 heavy (non-hydrogen) atoms. The molecule has 0 spiro atoms. The van der Waals surface area contributed by atoms with E-state index < -0.39 is 0 Å². The molecule has 0 radical (unpaired) electrons. The van der Waals surface area contributed by atoms with E-state index in [0.717, 1.165) is 6.04 Å². The van der Waals surface area contributed by atoms with Gasteiger partial charge in [0.15, 0.2) is 0 Å². The van der Waals surface area contributed by atoms with Crippen LogP contribution < -0.4 is 4.90 Å². The van der Waals surface area contributed by atoms with Crippen molar-refractivity contribution in [1.29, 1.82) is 0 Å². The van der Waals surface area contributed by atoms with Gasteiger partial charge in [-0.1, -0.05) is 51.3 Å². The van der Waals surface area contributed by atoms with E-state index in [1.54, 1.807) is 0 Å². The Kier molecular flexibility index (Phi) is 11.1. The first-order valence-corrected chi connectivity index (χ1v) is 8.00. The lowest BCUT2D eigenvalue weighted by atomic mass is 9.93. The van der Waals surface area contributed by atoms with Gasteiger partial charge in [0.2, 0.25) is 0 Å². The van der Waals surface area contributed by atoms with Gasteiger partial charge in [0, 0.05) is 17.8 Å². The van der Waals surface area contributed by atoms with Crippen molar-refractivity contribution < 1.29 is 4.39 Å². The SMILES string of the molecule is CC.CC(C)N(c1ccccc1)C1CCCCC1.CF. The number of hydrogen-bond acceptors (Lipinski definition) is 1. The molecule has 0 aromatic heterocycles. The first kappa shape index (κ1) is 18.9. The van der Waals surface area contributed by atoms with Crippen LogP contribution in [0, 0.1) is 0 Å². The summed E-state index contributed by atoms with van der Waals surface area (Å²) in [5.41, 5.74) is 1.39. The van der Waals surface area contributed by atoms with Gasteiger partial charge in [0.1, 0.15) is 0 Å². The van der Waals surface area contributed by atoms with Gasteiger partial charge < -0.3 is 4.90 Å². The zero-order valence-corrected chi connectivity index (χ0v) is 13.9. The second-order valence-corrected chi connectivity index (χ2v) is 5.13. The molecule has 0 unspecified atom stereocenters. The van der Waals surface area contributed by atoms with Crippen molar-refractivity contribution >= 4 is 5.69 Å². The number of para-hydroxylation sites is 1. The van der Waals surface area contributed by atoms with E-state index in [0.29, 0.717) is 13.2 Å². The summed E-state index contributed by atoms with van der Waals surface area (Å²) in [6.45, 7) is 8.61. The van der Waals surface area contributed by atoms with Gasteiger partial charge >= 0.3 is 0 Å². The fourth-order valence-electron chi connectivity index (χ4n) is 2.89. The maximum absolute atomic E-state index is 9.50. The Labute approximate surface area is 125 Å². The highest BCUT2D eigenvalue weighted by Crippen LogP contribution is 2.28. The third-order valence-electron chi connectivity index (χ3n) is 3.58. The summed E-state index contributed by atoms with van der Waals surface area (Å²) in [5.74, 6) is 0. The van der Waals surface area contributed by atoms with Crippen LogP contribution in [0.4, 0.5) is 10.1 Å². The molecular weight excluding hydrogens is 249 g/mol. The maximum Gasteiger partial charge on any atom is 0.0785 e. The first-order valence-electron chi connectivity index (χ1n) is 8.00. The highest BCUT2D eigenvalue weighted by atomic mass is 19.1. The van der Waals surface area contributed by atoms with Gasteiger partial charge in [-0.3, -0.25) is 4.39 Å². The minimum atomic E-state index is 0.500. The first-order chi connectivity index (χ1) is 9.79. The third kappa shape index (κ3) is 5.94. The molecule has 0 aliphatic heterocycles. The zero-order valence-electron chi connectivity index (χ0n) is 13.9. The van der Waals surface area contributed by atoms with E-state index in [-0.39, 0.29) is 0 Å². The average molecular weight is 281 g/mol. The summed E-state index contributed by atoms with van der Waals surface area (Å²) in [7, 11) is 0.500. The summed E-state index contributed by atoms with van der Waals surface area (Å²) < 4.78 is 9.50. The topological polar surface area (TPSA) is 3.24 Å². The van der Waals surface area contributed by atoms with Crippen molar-refractivity contribution in [2.24, 2.45) is 0 Å². The third-order valence-corrected chi connectivity index (χ3v) is 3.58. The molecule has 0 saturated heterocycles. The standard InChI is InChI=1S/C15H23N.C2H6.CH3F/c1-13(2)16(14-9-5-3-6-10-14)15-11-7-4-8-12-15;2*1-2/h3,5-6,9-10,13,15H,4,7-8,11-12H2,1-2H3;1-2H3;1H3. The normalized spacial score (nSPS) is 14.8. The number of rotatable bonds is 3. The Morgan fingerprint density at radius 3 is 1.90 bits per heavy atom. The smallest absolute Gasteiger partial charge is 0.0785 e. The Morgan fingerprint density at radius 1 is 0.950 bits per heavy atom. The quantitative estimate of drug-likeness (QED) is 0.672. The number of nitrogens with zero attached hydrogens (tertiary/aromatic N) is 1. The Morgan fingerprint density at radius 2 is 1.45 bits per heavy atom. The van der Waals surface area contributed by atoms with Crippen LogP contribution in [0.1, 0.15) is 59.8 Å². The number of anilines is 1. The maximum atomic E-state index is 9.50. The van der Waals surface area contributed by atoms with E-state index >= 15 is 0 Å². The van der Waals surface area contributed by atoms with Crippen molar-refractivity contribution in [1.82, 2.24) is 0 Å². The predicted molar refractivity (Wildman–Crippen MR) is 89.3 cm³/mol. The van der Waals surface area contributed by atoms with Crippen LogP contribution in [0.5, 0.6) is 0 Å². The summed E-state index contributed by atoms with van der Waals surface area (Å²) in [6.07, 6.45) is 6.97. The van der Waals surface area contributed by atoms with Gasteiger partial charge in [-0.2, -0.15) is 0 Å². The fourth-order valence-corrected chi connectivity index (χ4v) is 2.89. The second kappa shape index (κ2) is 11.7. The highest BCUT2D eigenvalue weighted by Gasteiger charge is 2.23. The Bertz CT molecular complexity index is 304. The molecule has 0 N–H and O–H groups in total. The fraction of sp³-hybridized carbons (Fsp3) is 0.667. The van der Waals surface area contributed by atoms with E-state index in [9.17, 15) is 4.39 Å². The number of benzene rings is 1. The largest absolute Gasteiger partial charge is 0.366 e. The molecule has 2 rings (SSSR count). The number of hydrogen-bond donors (Lipinski definition) is 0. The summed E-state index contributed by atoms with van der Waals surface area (Å²) in [4.78, 5) is 2.61. The van der Waals surface area contributed by atoms with Crippen LogP contribution in [0.3, 0.4) is 0 Å². The van der Waals surface area contributed by atoms with Crippen LogP contribution in [0.25, 0.3) is 0 Å². The molecule has 0 amide bonds. The molecule has 1 aliphatic carbocycles. The van der Waals surface area contributed by atoms with Crippen LogP contribution in [0.15, 0.2) is 30.3 Å². The highest BCUT2D eigenvalue weighted by molar-refractivity contribution is 5.48. The Hall–Kier alpha value is -1.05. The van der Waals surface area contributed by atoms with E-state index in [1.807, 2.05) is 13.8 Å². The van der Waals surface area contributed by atoms with E-state index in [4.69, 9.17) is 0 Å². The van der Waals surface area contributed by atoms with E-state index in [2.05, 4.69) is 49.1 Å². The van der Waals surface area contributed by atoms with Crippen molar-refractivity contribution in [2.75, 3.05) is 12.1 Å². The van der Waals surface area contributed by atoms with Crippen molar-refractivity contribution in [3.05, 3.63) is 30.3 Å². The van der Waals surface area contributed by atoms with E-state index in [1.165, 1.54) is 37.8 Å². The number of alkyl halides is 1. The van der Waals surface area contributed by atoms with Crippen molar-refractivity contribution in [3.63, 3.8) is 0 Å². The molecule has 2 heteroatoms. The Balaban J connectivity index is 0.000000829. The average Bonchev–Trinajstić information content (AvgIpc) is 2.53. The molecule has 0 bridgehead atoms. The van der Waals surface area contributed by atoms with Crippen LogP contribution >= 0.6 is 0 Å². The predicted octanol–water partition coefficient (Wildman–Crippen LogP) is 5.85.